The van der Waals surface area contributed by atoms with Crippen molar-refractivity contribution >= 4 is 17.9 Å². The topological polar surface area (TPSA) is 102 Å². The number of rotatable bonds is 33. The summed E-state index contributed by atoms with van der Waals surface area (Å²) in [5.41, 5.74) is 0. The molecule has 0 aliphatic heterocycles. The van der Waals surface area contributed by atoms with Crippen LogP contribution in [0.2, 0.25) is 0 Å². The third-order valence-corrected chi connectivity index (χ3v) is 8.37. The maximum absolute atomic E-state index is 12.6. The molecule has 8 heteroatoms. The fourth-order valence-corrected chi connectivity index (χ4v) is 5.34. The van der Waals surface area contributed by atoms with Gasteiger partial charge in [-0.3, -0.25) is 9.59 Å². The first-order chi connectivity index (χ1) is 22.6. The Morgan fingerprint density at radius 3 is 1.66 bits per heavy atom. The number of likely N-dealkylation sites (N-methyl/N-ethyl adjacent to an activating group) is 1. The van der Waals surface area contributed by atoms with E-state index in [4.69, 9.17) is 14.2 Å². The van der Waals surface area contributed by atoms with Gasteiger partial charge in [-0.1, -0.05) is 128 Å². The molecule has 0 amide bonds. The Morgan fingerprint density at radius 1 is 0.638 bits per heavy atom. The van der Waals surface area contributed by atoms with Gasteiger partial charge in [0.05, 0.1) is 40.3 Å². The van der Waals surface area contributed by atoms with E-state index in [0.29, 0.717) is 12.8 Å². The highest BCUT2D eigenvalue weighted by Gasteiger charge is 2.25. The molecule has 2 atom stereocenters. The molecule has 47 heavy (non-hydrogen) atoms. The number of carbonyl (C=O) groups excluding carboxylic acids is 3. The standard InChI is InChI=1S/C39H71NO7/c1-6-8-10-12-14-16-18-20-22-24-26-28-30-38(42)47-35(33-45-32-31-36(39(43)44)40(3,4)5)34-46-37(41)29-27-25-23-21-19-17-15-13-11-9-7-2/h13,15,17,19,35-36H,6-12,14,16,18,20-34H2,1-5H3/b15-13+,19-17+. The van der Waals surface area contributed by atoms with Gasteiger partial charge < -0.3 is 28.6 Å². The van der Waals surface area contributed by atoms with Crippen LogP contribution in [0.1, 0.15) is 155 Å². The third-order valence-electron chi connectivity index (χ3n) is 8.37. The molecular weight excluding hydrogens is 594 g/mol. The minimum absolute atomic E-state index is 0.0353. The number of aliphatic carboxylic acids is 1. The summed E-state index contributed by atoms with van der Waals surface area (Å²) < 4.78 is 17.0. The Labute approximate surface area is 288 Å². The Hall–Kier alpha value is -2.19. The fraction of sp³-hybridized carbons (Fsp3) is 0.821. The molecule has 0 aromatic rings. The van der Waals surface area contributed by atoms with Gasteiger partial charge in [-0.05, 0) is 32.1 Å². The number of allylic oxidation sites excluding steroid dienone is 4. The highest BCUT2D eigenvalue weighted by molar-refractivity contribution is 5.70. The number of unbranched alkanes of at least 4 members (excludes halogenated alkanes) is 16. The Morgan fingerprint density at radius 2 is 1.13 bits per heavy atom. The van der Waals surface area contributed by atoms with Crippen molar-refractivity contribution < 1.29 is 38.2 Å². The van der Waals surface area contributed by atoms with Crippen molar-refractivity contribution in [3.8, 4) is 0 Å². The van der Waals surface area contributed by atoms with Crippen molar-refractivity contribution in [1.82, 2.24) is 0 Å². The Bertz CT molecular complexity index is 834. The summed E-state index contributed by atoms with van der Waals surface area (Å²) >= 11 is 0. The monoisotopic (exact) mass is 666 g/mol. The first-order valence-corrected chi connectivity index (χ1v) is 18.9. The van der Waals surface area contributed by atoms with Gasteiger partial charge in [0.1, 0.15) is 12.6 Å². The predicted octanol–water partition coefficient (Wildman–Crippen LogP) is 8.02. The molecule has 0 rings (SSSR count). The quantitative estimate of drug-likeness (QED) is 0.0303. The molecule has 0 aliphatic rings. The van der Waals surface area contributed by atoms with Gasteiger partial charge in [-0.25, -0.2) is 0 Å². The SMILES string of the molecule is CCCC/C=C/C=C/CCCCCC(=O)OCC(COCCC(C(=O)[O-])[N+](C)(C)C)OC(=O)CCCCCCCCCCCCCC. The Balaban J connectivity index is 4.47. The van der Waals surface area contributed by atoms with Crippen molar-refractivity contribution in [3.63, 3.8) is 0 Å². The molecule has 0 radical (unpaired) electrons. The van der Waals surface area contributed by atoms with Gasteiger partial charge in [0.15, 0.2) is 6.10 Å². The van der Waals surface area contributed by atoms with Gasteiger partial charge in [-0.2, -0.15) is 0 Å². The predicted molar refractivity (Wildman–Crippen MR) is 190 cm³/mol. The van der Waals surface area contributed by atoms with E-state index in [9.17, 15) is 19.5 Å². The number of ether oxygens (including phenoxy) is 3. The van der Waals surface area contributed by atoms with Gasteiger partial charge in [0.2, 0.25) is 0 Å². The summed E-state index contributed by atoms with van der Waals surface area (Å²) in [5.74, 6) is -1.77. The van der Waals surface area contributed by atoms with E-state index in [2.05, 4.69) is 38.2 Å². The zero-order valence-corrected chi connectivity index (χ0v) is 30.9. The summed E-state index contributed by atoms with van der Waals surface area (Å²) in [6.07, 6.45) is 30.6. The van der Waals surface area contributed by atoms with Crippen molar-refractivity contribution in [2.75, 3.05) is 41.0 Å². The van der Waals surface area contributed by atoms with Gasteiger partial charge in [0, 0.05) is 19.3 Å². The lowest BCUT2D eigenvalue weighted by molar-refractivity contribution is -0.889. The van der Waals surface area contributed by atoms with Crippen LogP contribution < -0.4 is 5.11 Å². The van der Waals surface area contributed by atoms with Crippen LogP contribution in [-0.4, -0.2) is 75.5 Å². The van der Waals surface area contributed by atoms with Crippen LogP contribution in [0.25, 0.3) is 0 Å². The van der Waals surface area contributed by atoms with E-state index in [-0.39, 0.29) is 42.7 Å². The summed E-state index contributed by atoms with van der Waals surface area (Å²) in [7, 11) is 5.39. The van der Waals surface area contributed by atoms with Crippen LogP contribution in [0.4, 0.5) is 0 Å². The smallest absolute Gasteiger partial charge is 0.306 e. The van der Waals surface area contributed by atoms with Crippen LogP contribution >= 0.6 is 0 Å². The number of carboxylic acid groups (broad SMARTS) is 1. The second-order valence-corrected chi connectivity index (χ2v) is 13.8. The average molecular weight is 666 g/mol. The highest BCUT2D eigenvalue weighted by Crippen LogP contribution is 2.14. The lowest BCUT2D eigenvalue weighted by Gasteiger charge is -2.34. The molecule has 0 heterocycles. The summed E-state index contributed by atoms with van der Waals surface area (Å²) in [6.45, 7) is 4.56. The first-order valence-electron chi connectivity index (χ1n) is 18.9. The largest absolute Gasteiger partial charge is 0.544 e. The summed E-state index contributed by atoms with van der Waals surface area (Å²) in [5, 5.41) is 11.6. The van der Waals surface area contributed by atoms with Crippen molar-refractivity contribution in [3.05, 3.63) is 24.3 Å². The molecule has 2 unspecified atom stereocenters. The number of nitrogens with zero attached hydrogens (tertiary/aromatic N) is 1. The van der Waals surface area contributed by atoms with E-state index in [0.717, 1.165) is 51.4 Å². The van der Waals surface area contributed by atoms with Crippen molar-refractivity contribution in [2.24, 2.45) is 0 Å². The maximum Gasteiger partial charge on any atom is 0.306 e. The molecule has 0 spiro atoms. The molecule has 0 fully saturated rings. The van der Waals surface area contributed by atoms with Gasteiger partial charge >= 0.3 is 11.9 Å². The second-order valence-electron chi connectivity index (χ2n) is 13.8. The van der Waals surface area contributed by atoms with Crippen LogP contribution in [-0.2, 0) is 28.6 Å². The molecule has 0 saturated heterocycles. The van der Waals surface area contributed by atoms with E-state index in [1.165, 1.54) is 70.6 Å². The number of esters is 2. The minimum atomic E-state index is -1.13. The van der Waals surface area contributed by atoms with Crippen molar-refractivity contribution in [1.29, 1.82) is 0 Å². The number of carboxylic acids is 1. The molecule has 0 N–H and O–H groups in total. The average Bonchev–Trinajstić information content (AvgIpc) is 3.01. The normalized spacial score (nSPS) is 13.3. The van der Waals surface area contributed by atoms with Crippen LogP contribution in [0.5, 0.6) is 0 Å². The zero-order valence-electron chi connectivity index (χ0n) is 30.9. The van der Waals surface area contributed by atoms with Crippen LogP contribution in [0, 0.1) is 0 Å². The highest BCUT2D eigenvalue weighted by atomic mass is 16.6. The second kappa shape index (κ2) is 31.1. The van der Waals surface area contributed by atoms with E-state index in [1.54, 1.807) is 21.1 Å². The number of carbonyl (C=O) groups is 3. The minimum Gasteiger partial charge on any atom is -0.544 e. The van der Waals surface area contributed by atoms with Crippen LogP contribution in [0.15, 0.2) is 24.3 Å². The lowest BCUT2D eigenvalue weighted by atomic mass is 10.0. The molecule has 0 aromatic heterocycles. The molecule has 0 saturated carbocycles. The first kappa shape index (κ1) is 44.8. The van der Waals surface area contributed by atoms with E-state index in [1.807, 2.05) is 0 Å². The number of hydrogen-bond acceptors (Lipinski definition) is 7. The number of hydrogen-bond donors (Lipinski definition) is 0. The molecular formula is C39H71NO7. The Kier molecular flexibility index (Phi) is 29.7. The van der Waals surface area contributed by atoms with Gasteiger partial charge in [-0.15, -0.1) is 0 Å². The molecule has 0 aromatic carbocycles. The lowest BCUT2D eigenvalue weighted by Crippen LogP contribution is -2.55. The molecule has 274 valence electrons. The number of quaternary nitrogens is 1. The van der Waals surface area contributed by atoms with E-state index < -0.39 is 18.1 Å². The fourth-order valence-electron chi connectivity index (χ4n) is 5.34. The third kappa shape index (κ3) is 29.7. The molecule has 8 nitrogen and oxygen atoms in total. The van der Waals surface area contributed by atoms with E-state index >= 15 is 0 Å². The summed E-state index contributed by atoms with van der Waals surface area (Å²) in [4.78, 5) is 36.6. The molecule has 0 bridgehead atoms. The molecule has 0 aliphatic carbocycles. The van der Waals surface area contributed by atoms with Crippen molar-refractivity contribution in [2.45, 2.75) is 167 Å². The maximum atomic E-state index is 12.6. The van der Waals surface area contributed by atoms with Crippen LogP contribution in [0.3, 0.4) is 0 Å². The summed E-state index contributed by atoms with van der Waals surface area (Å²) in [6, 6.07) is -0.725. The van der Waals surface area contributed by atoms with Gasteiger partial charge in [0.25, 0.3) is 0 Å². The zero-order chi connectivity index (χ0) is 35.0.